The van der Waals surface area contributed by atoms with Gasteiger partial charge < -0.3 is 5.73 Å². The van der Waals surface area contributed by atoms with Crippen LogP contribution < -0.4 is 5.73 Å². The van der Waals surface area contributed by atoms with Crippen LogP contribution in [0.1, 0.15) is 13.8 Å². The lowest BCUT2D eigenvalue weighted by Gasteiger charge is -2.22. The lowest BCUT2D eigenvalue weighted by atomic mass is 10.1. The van der Waals surface area contributed by atoms with Gasteiger partial charge in [0, 0.05) is 13.1 Å². The molecular weight excluding hydrogens is 181 g/mol. The lowest BCUT2D eigenvalue weighted by molar-refractivity contribution is -0.00434. The largest absolute Gasteiger partial charge is 0.322 e. The van der Waals surface area contributed by atoms with Crippen molar-refractivity contribution in [1.29, 1.82) is 0 Å². The van der Waals surface area contributed by atoms with Crippen molar-refractivity contribution in [2.75, 3.05) is 19.6 Å². The average Bonchev–Trinajstić information content (AvgIpc) is 2.01. The standard InChI is InChI=1S/C8H15F3N2/c1-7(2,9)4-13-3-6(12)8(10,11)5-13/h6H,3-5,12H2,1-2H3. The van der Waals surface area contributed by atoms with E-state index in [9.17, 15) is 13.2 Å². The van der Waals surface area contributed by atoms with Crippen LogP contribution in [0.5, 0.6) is 0 Å². The van der Waals surface area contributed by atoms with E-state index < -0.39 is 24.2 Å². The maximum atomic E-state index is 13.1. The molecule has 13 heavy (non-hydrogen) atoms. The fourth-order valence-corrected chi connectivity index (χ4v) is 1.54. The van der Waals surface area contributed by atoms with Crippen molar-refractivity contribution in [2.45, 2.75) is 31.5 Å². The molecule has 1 aliphatic rings. The van der Waals surface area contributed by atoms with Crippen LogP contribution in [-0.4, -0.2) is 42.2 Å². The van der Waals surface area contributed by atoms with Crippen LogP contribution in [0.25, 0.3) is 0 Å². The summed E-state index contributed by atoms with van der Waals surface area (Å²) in [6, 6.07) is -1.16. The number of nitrogens with two attached hydrogens (primary N) is 1. The Bertz CT molecular complexity index is 186. The summed E-state index contributed by atoms with van der Waals surface area (Å²) in [5.41, 5.74) is 3.76. The Kier molecular flexibility index (Phi) is 2.60. The molecule has 1 saturated heterocycles. The molecule has 0 aromatic rings. The molecule has 0 spiro atoms. The second-order valence-corrected chi connectivity index (χ2v) is 4.26. The van der Waals surface area contributed by atoms with Crippen molar-refractivity contribution in [3.8, 4) is 0 Å². The van der Waals surface area contributed by atoms with Crippen molar-refractivity contribution >= 4 is 0 Å². The Morgan fingerprint density at radius 2 is 2.08 bits per heavy atom. The van der Waals surface area contributed by atoms with Crippen molar-refractivity contribution in [1.82, 2.24) is 4.90 Å². The van der Waals surface area contributed by atoms with Crippen LogP contribution in [0.2, 0.25) is 0 Å². The monoisotopic (exact) mass is 196 g/mol. The molecule has 2 N–H and O–H groups in total. The van der Waals surface area contributed by atoms with E-state index in [1.165, 1.54) is 18.7 Å². The Morgan fingerprint density at radius 3 is 2.38 bits per heavy atom. The Labute approximate surface area is 75.9 Å². The first-order valence-electron chi connectivity index (χ1n) is 4.25. The highest BCUT2D eigenvalue weighted by Crippen LogP contribution is 2.27. The predicted molar refractivity (Wildman–Crippen MR) is 44.5 cm³/mol. The minimum atomic E-state index is -2.87. The normalized spacial score (nSPS) is 29.5. The van der Waals surface area contributed by atoms with E-state index in [4.69, 9.17) is 5.73 Å². The minimum absolute atomic E-state index is 0.0102. The Morgan fingerprint density at radius 1 is 1.54 bits per heavy atom. The second kappa shape index (κ2) is 3.13. The molecule has 1 aliphatic heterocycles. The van der Waals surface area contributed by atoms with Crippen LogP contribution in [0.15, 0.2) is 0 Å². The third kappa shape index (κ3) is 2.84. The third-order valence-electron chi connectivity index (χ3n) is 2.03. The molecule has 0 aromatic heterocycles. The van der Waals surface area contributed by atoms with E-state index in [0.29, 0.717) is 0 Å². The van der Waals surface area contributed by atoms with E-state index in [1.54, 1.807) is 0 Å². The predicted octanol–water partition coefficient (Wildman–Crippen LogP) is 1.01. The molecule has 0 aromatic carbocycles. The van der Waals surface area contributed by atoms with Gasteiger partial charge in [0.25, 0.3) is 5.92 Å². The second-order valence-electron chi connectivity index (χ2n) is 4.26. The zero-order valence-corrected chi connectivity index (χ0v) is 7.86. The number of hydrogen-bond acceptors (Lipinski definition) is 2. The molecule has 1 unspecified atom stereocenters. The van der Waals surface area contributed by atoms with E-state index >= 15 is 0 Å². The van der Waals surface area contributed by atoms with E-state index in [-0.39, 0.29) is 13.1 Å². The first kappa shape index (κ1) is 10.8. The van der Waals surface area contributed by atoms with Gasteiger partial charge in [-0.2, -0.15) is 0 Å². The summed E-state index contributed by atoms with van der Waals surface area (Å²) >= 11 is 0. The molecular formula is C8H15F3N2. The first-order chi connectivity index (χ1) is 5.71. The van der Waals surface area contributed by atoms with Crippen molar-refractivity contribution in [3.63, 3.8) is 0 Å². The molecule has 0 amide bonds. The molecule has 1 rings (SSSR count). The van der Waals surface area contributed by atoms with Crippen LogP contribution in [0, 0.1) is 0 Å². The van der Waals surface area contributed by atoms with E-state index in [2.05, 4.69) is 0 Å². The fourth-order valence-electron chi connectivity index (χ4n) is 1.54. The zero-order chi connectivity index (χ0) is 10.3. The summed E-state index contributed by atoms with van der Waals surface area (Å²) in [7, 11) is 0. The van der Waals surface area contributed by atoms with Crippen molar-refractivity contribution in [3.05, 3.63) is 0 Å². The summed E-state index contributed by atoms with van der Waals surface area (Å²) in [5.74, 6) is -2.87. The molecule has 78 valence electrons. The van der Waals surface area contributed by atoms with Gasteiger partial charge in [0.1, 0.15) is 5.67 Å². The molecule has 0 aliphatic carbocycles. The SMILES string of the molecule is CC(C)(F)CN1CC(N)C(F)(F)C1. The van der Waals surface area contributed by atoms with Gasteiger partial charge in [-0.25, -0.2) is 13.2 Å². The highest BCUT2D eigenvalue weighted by Gasteiger charge is 2.46. The maximum absolute atomic E-state index is 13.1. The van der Waals surface area contributed by atoms with Gasteiger partial charge in [0.2, 0.25) is 0 Å². The van der Waals surface area contributed by atoms with Crippen LogP contribution in [-0.2, 0) is 0 Å². The molecule has 5 heteroatoms. The number of rotatable bonds is 2. The third-order valence-corrected chi connectivity index (χ3v) is 2.03. The van der Waals surface area contributed by atoms with Crippen molar-refractivity contribution < 1.29 is 13.2 Å². The maximum Gasteiger partial charge on any atom is 0.276 e. The molecule has 0 radical (unpaired) electrons. The minimum Gasteiger partial charge on any atom is -0.322 e. The molecule has 1 atom stereocenters. The first-order valence-corrected chi connectivity index (χ1v) is 4.25. The molecule has 1 heterocycles. The van der Waals surface area contributed by atoms with E-state index in [0.717, 1.165) is 0 Å². The van der Waals surface area contributed by atoms with Gasteiger partial charge in [-0.1, -0.05) is 0 Å². The summed E-state index contributed by atoms with van der Waals surface area (Å²) in [4.78, 5) is 1.37. The Hall–Kier alpha value is -0.290. The highest BCUT2D eigenvalue weighted by molar-refractivity contribution is 4.94. The lowest BCUT2D eigenvalue weighted by Crippen LogP contribution is -2.38. The van der Waals surface area contributed by atoms with E-state index in [1.807, 2.05) is 0 Å². The van der Waals surface area contributed by atoms with Crippen LogP contribution in [0.4, 0.5) is 13.2 Å². The smallest absolute Gasteiger partial charge is 0.276 e. The number of nitrogens with zero attached hydrogens (tertiary/aromatic N) is 1. The summed E-state index contributed by atoms with van der Waals surface area (Å²) < 4.78 is 38.8. The van der Waals surface area contributed by atoms with Gasteiger partial charge in [0.05, 0.1) is 12.6 Å². The van der Waals surface area contributed by atoms with Gasteiger partial charge in [0.15, 0.2) is 0 Å². The Balaban J connectivity index is 2.50. The molecule has 0 saturated carbocycles. The number of alkyl halides is 3. The van der Waals surface area contributed by atoms with Crippen molar-refractivity contribution in [2.24, 2.45) is 5.73 Å². The van der Waals surface area contributed by atoms with Crippen LogP contribution in [0.3, 0.4) is 0 Å². The quantitative estimate of drug-likeness (QED) is 0.714. The molecule has 0 bridgehead atoms. The summed E-state index contributed by atoms with van der Waals surface area (Å²) in [6.45, 7) is 2.39. The average molecular weight is 196 g/mol. The topological polar surface area (TPSA) is 29.3 Å². The molecule has 2 nitrogen and oxygen atoms in total. The highest BCUT2D eigenvalue weighted by atomic mass is 19.3. The van der Waals surface area contributed by atoms with Gasteiger partial charge in [-0.15, -0.1) is 0 Å². The van der Waals surface area contributed by atoms with Gasteiger partial charge >= 0.3 is 0 Å². The van der Waals surface area contributed by atoms with Gasteiger partial charge in [-0.3, -0.25) is 4.90 Å². The molecule has 1 fully saturated rings. The summed E-state index contributed by atoms with van der Waals surface area (Å²) in [5, 5.41) is 0. The number of halogens is 3. The van der Waals surface area contributed by atoms with Gasteiger partial charge in [-0.05, 0) is 13.8 Å². The van der Waals surface area contributed by atoms with Crippen LogP contribution >= 0.6 is 0 Å². The number of likely N-dealkylation sites (tertiary alicyclic amines) is 1. The zero-order valence-electron chi connectivity index (χ0n) is 7.86. The number of hydrogen-bond donors (Lipinski definition) is 1. The summed E-state index contributed by atoms with van der Waals surface area (Å²) in [6.07, 6.45) is 0. The fraction of sp³-hybridized carbons (Fsp3) is 1.00.